The summed E-state index contributed by atoms with van der Waals surface area (Å²) in [7, 11) is 0. The molecule has 1 atom stereocenters. The van der Waals surface area contributed by atoms with Crippen LogP contribution in [0.15, 0.2) is 71.1 Å². The summed E-state index contributed by atoms with van der Waals surface area (Å²) in [6.07, 6.45) is 2.68. The van der Waals surface area contributed by atoms with Gasteiger partial charge in [-0.2, -0.15) is 0 Å². The minimum absolute atomic E-state index is 0.00728. The SMILES string of the molecule is CCc1ccc(C(=O)N2CCCC2c2nc3cc(-c4cccc(F)c4)ccc3o2)cc1. The number of rotatable bonds is 4. The second-order valence-corrected chi connectivity index (χ2v) is 7.95. The molecular formula is C26H23FN2O2. The van der Waals surface area contributed by atoms with E-state index in [-0.39, 0.29) is 17.8 Å². The van der Waals surface area contributed by atoms with E-state index in [1.807, 2.05) is 53.4 Å². The Kier molecular flexibility index (Phi) is 5.02. The van der Waals surface area contributed by atoms with Crippen molar-refractivity contribution in [1.29, 1.82) is 0 Å². The third kappa shape index (κ3) is 3.72. The maximum absolute atomic E-state index is 13.6. The number of hydrogen-bond donors (Lipinski definition) is 0. The first-order valence-corrected chi connectivity index (χ1v) is 10.7. The Labute approximate surface area is 180 Å². The van der Waals surface area contributed by atoms with Crippen LogP contribution in [0.3, 0.4) is 0 Å². The highest BCUT2D eigenvalue weighted by molar-refractivity contribution is 5.94. The first-order chi connectivity index (χ1) is 15.1. The van der Waals surface area contributed by atoms with Gasteiger partial charge in [-0.15, -0.1) is 0 Å². The largest absolute Gasteiger partial charge is 0.438 e. The van der Waals surface area contributed by atoms with Crippen molar-refractivity contribution in [1.82, 2.24) is 9.88 Å². The summed E-state index contributed by atoms with van der Waals surface area (Å²) >= 11 is 0. The van der Waals surface area contributed by atoms with Gasteiger partial charge in [0.1, 0.15) is 17.4 Å². The van der Waals surface area contributed by atoms with Crippen molar-refractivity contribution in [2.75, 3.05) is 6.54 Å². The Bertz CT molecular complexity index is 1250. The van der Waals surface area contributed by atoms with Crippen molar-refractivity contribution >= 4 is 17.0 Å². The van der Waals surface area contributed by atoms with Gasteiger partial charge in [-0.1, -0.05) is 37.3 Å². The Morgan fingerprint density at radius 1 is 1.10 bits per heavy atom. The molecule has 3 aromatic carbocycles. The molecule has 2 heterocycles. The number of aryl methyl sites for hydroxylation is 1. The molecule has 0 saturated carbocycles. The number of fused-ring (bicyclic) bond motifs is 1. The molecule has 1 saturated heterocycles. The molecule has 5 rings (SSSR count). The quantitative estimate of drug-likeness (QED) is 0.401. The fraction of sp³-hybridized carbons (Fsp3) is 0.231. The Morgan fingerprint density at radius 2 is 1.90 bits per heavy atom. The van der Waals surface area contributed by atoms with Crippen molar-refractivity contribution in [3.8, 4) is 11.1 Å². The lowest BCUT2D eigenvalue weighted by Gasteiger charge is -2.22. The van der Waals surface area contributed by atoms with E-state index in [2.05, 4.69) is 6.92 Å². The average molecular weight is 414 g/mol. The maximum atomic E-state index is 13.6. The van der Waals surface area contributed by atoms with Crippen molar-refractivity contribution in [3.05, 3.63) is 89.6 Å². The van der Waals surface area contributed by atoms with Gasteiger partial charge >= 0.3 is 0 Å². The molecule has 0 bridgehead atoms. The number of nitrogens with zero attached hydrogens (tertiary/aromatic N) is 2. The van der Waals surface area contributed by atoms with Crippen LogP contribution in [0.2, 0.25) is 0 Å². The predicted molar refractivity (Wildman–Crippen MR) is 118 cm³/mol. The van der Waals surface area contributed by atoms with E-state index in [4.69, 9.17) is 9.40 Å². The van der Waals surface area contributed by atoms with Crippen LogP contribution in [0.1, 0.15) is 47.6 Å². The van der Waals surface area contributed by atoms with E-state index in [0.717, 1.165) is 30.4 Å². The van der Waals surface area contributed by atoms with E-state index in [1.54, 1.807) is 6.07 Å². The molecule has 1 aliphatic heterocycles. The van der Waals surface area contributed by atoms with Crippen molar-refractivity contribution in [3.63, 3.8) is 0 Å². The number of amides is 1. The number of carbonyl (C=O) groups is 1. The topological polar surface area (TPSA) is 46.3 Å². The minimum atomic E-state index is -0.273. The summed E-state index contributed by atoms with van der Waals surface area (Å²) in [5.41, 5.74) is 4.95. The lowest BCUT2D eigenvalue weighted by molar-refractivity contribution is 0.0717. The zero-order valence-electron chi connectivity index (χ0n) is 17.3. The summed E-state index contributed by atoms with van der Waals surface area (Å²) in [5, 5.41) is 0. The van der Waals surface area contributed by atoms with Crippen LogP contribution in [0.5, 0.6) is 0 Å². The summed E-state index contributed by atoms with van der Waals surface area (Å²) in [6, 6.07) is 19.8. The van der Waals surface area contributed by atoms with Gasteiger partial charge in [0.15, 0.2) is 5.58 Å². The zero-order valence-corrected chi connectivity index (χ0v) is 17.3. The van der Waals surface area contributed by atoms with Crippen LogP contribution < -0.4 is 0 Å². The number of aromatic nitrogens is 1. The van der Waals surface area contributed by atoms with Gasteiger partial charge in [0.2, 0.25) is 5.89 Å². The van der Waals surface area contributed by atoms with Gasteiger partial charge in [-0.25, -0.2) is 9.37 Å². The fourth-order valence-corrected chi connectivity index (χ4v) is 4.25. The molecule has 4 nitrogen and oxygen atoms in total. The highest BCUT2D eigenvalue weighted by Crippen LogP contribution is 2.35. The molecule has 0 spiro atoms. The smallest absolute Gasteiger partial charge is 0.254 e. The van der Waals surface area contributed by atoms with Gasteiger partial charge < -0.3 is 9.32 Å². The Morgan fingerprint density at radius 3 is 2.68 bits per heavy atom. The molecule has 5 heteroatoms. The monoisotopic (exact) mass is 414 g/mol. The van der Waals surface area contributed by atoms with Gasteiger partial charge in [-0.3, -0.25) is 4.79 Å². The minimum Gasteiger partial charge on any atom is -0.438 e. The predicted octanol–water partition coefficient (Wildman–Crippen LogP) is 6.17. The molecule has 0 N–H and O–H groups in total. The number of halogens is 1. The fourth-order valence-electron chi connectivity index (χ4n) is 4.25. The van der Waals surface area contributed by atoms with Crippen LogP contribution in [0.4, 0.5) is 4.39 Å². The number of benzene rings is 3. The number of carbonyl (C=O) groups excluding carboxylic acids is 1. The molecule has 1 unspecified atom stereocenters. The lowest BCUT2D eigenvalue weighted by atomic mass is 10.1. The molecule has 1 aromatic heterocycles. The summed E-state index contributed by atoms with van der Waals surface area (Å²) in [5.74, 6) is 0.292. The zero-order chi connectivity index (χ0) is 21.4. The highest BCUT2D eigenvalue weighted by Gasteiger charge is 2.34. The van der Waals surface area contributed by atoms with E-state index < -0.39 is 0 Å². The van der Waals surface area contributed by atoms with Crippen LogP contribution in [-0.4, -0.2) is 22.3 Å². The summed E-state index contributed by atoms with van der Waals surface area (Å²) in [6.45, 7) is 2.78. The third-order valence-corrected chi connectivity index (χ3v) is 5.97. The third-order valence-electron chi connectivity index (χ3n) is 5.97. The molecule has 0 radical (unpaired) electrons. The molecule has 1 fully saturated rings. The lowest BCUT2D eigenvalue weighted by Crippen LogP contribution is -2.30. The molecule has 4 aromatic rings. The van der Waals surface area contributed by atoms with Crippen molar-refractivity contribution < 1.29 is 13.6 Å². The maximum Gasteiger partial charge on any atom is 0.254 e. The first-order valence-electron chi connectivity index (χ1n) is 10.7. The van der Waals surface area contributed by atoms with E-state index in [9.17, 15) is 9.18 Å². The van der Waals surface area contributed by atoms with Crippen molar-refractivity contribution in [2.24, 2.45) is 0 Å². The molecular weight excluding hydrogens is 391 g/mol. The number of hydrogen-bond acceptors (Lipinski definition) is 3. The number of likely N-dealkylation sites (tertiary alicyclic amines) is 1. The van der Waals surface area contributed by atoms with E-state index in [1.165, 1.54) is 17.7 Å². The van der Waals surface area contributed by atoms with Gasteiger partial charge in [-0.05, 0) is 72.4 Å². The Balaban J connectivity index is 1.44. The molecule has 1 amide bonds. The summed E-state index contributed by atoms with van der Waals surface area (Å²) in [4.78, 5) is 19.7. The molecule has 0 aliphatic carbocycles. The van der Waals surface area contributed by atoms with Gasteiger partial charge in [0.25, 0.3) is 5.91 Å². The van der Waals surface area contributed by atoms with E-state index >= 15 is 0 Å². The molecule has 1 aliphatic rings. The second-order valence-electron chi connectivity index (χ2n) is 7.95. The Hall–Kier alpha value is -3.47. The number of oxazole rings is 1. The van der Waals surface area contributed by atoms with Crippen LogP contribution in [0, 0.1) is 5.82 Å². The van der Waals surface area contributed by atoms with E-state index in [0.29, 0.717) is 29.1 Å². The van der Waals surface area contributed by atoms with Crippen molar-refractivity contribution in [2.45, 2.75) is 32.2 Å². The second kappa shape index (κ2) is 7.99. The first kappa shape index (κ1) is 19.5. The average Bonchev–Trinajstić information content (AvgIpc) is 3.45. The summed E-state index contributed by atoms with van der Waals surface area (Å²) < 4.78 is 19.6. The van der Waals surface area contributed by atoms with Gasteiger partial charge in [0, 0.05) is 12.1 Å². The van der Waals surface area contributed by atoms with Crippen LogP contribution in [0.25, 0.3) is 22.2 Å². The van der Waals surface area contributed by atoms with Gasteiger partial charge in [0.05, 0.1) is 0 Å². The molecule has 31 heavy (non-hydrogen) atoms. The standard InChI is InChI=1S/C26H23FN2O2/c1-2-17-8-10-18(11-9-17)26(30)29-14-4-7-23(29)25-28-22-16-20(12-13-24(22)31-25)19-5-3-6-21(27)15-19/h3,5-6,8-13,15-16,23H,2,4,7,14H2,1H3. The molecule has 156 valence electrons. The van der Waals surface area contributed by atoms with Crippen LogP contribution >= 0.6 is 0 Å². The van der Waals surface area contributed by atoms with Crippen LogP contribution in [-0.2, 0) is 6.42 Å². The highest BCUT2D eigenvalue weighted by atomic mass is 19.1. The normalized spacial score (nSPS) is 16.2.